The summed E-state index contributed by atoms with van der Waals surface area (Å²) in [7, 11) is 1.85. The fourth-order valence-corrected chi connectivity index (χ4v) is 2.97. The van der Waals surface area contributed by atoms with E-state index < -0.39 is 0 Å². The van der Waals surface area contributed by atoms with Crippen LogP contribution >= 0.6 is 0 Å². The van der Waals surface area contributed by atoms with Crippen LogP contribution in [-0.2, 0) is 16.1 Å². The lowest BCUT2D eigenvalue weighted by Crippen LogP contribution is -2.37. The summed E-state index contributed by atoms with van der Waals surface area (Å²) in [4.78, 5) is 16.5. The number of amides is 1. The number of likely N-dealkylation sites (N-methyl/N-ethyl adjacent to an activating group) is 1. The molecule has 25 heavy (non-hydrogen) atoms. The van der Waals surface area contributed by atoms with Crippen LogP contribution in [0.1, 0.15) is 5.56 Å². The fourth-order valence-electron chi connectivity index (χ4n) is 2.97. The minimum Gasteiger partial charge on any atom is -0.378 e. The molecule has 132 valence electrons. The van der Waals surface area contributed by atoms with Crippen LogP contribution in [-0.4, -0.2) is 50.7 Å². The molecule has 1 aliphatic rings. The molecule has 3 rings (SSSR count). The third-order valence-corrected chi connectivity index (χ3v) is 4.39. The molecule has 1 aliphatic heterocycles. The number of ether oxygens (including phenoxy) is 1. The molecule has 0 atom stereocenters. The molecule has 1 amide bonds. The molecule has 2 aromatic rings. The largest absolute Gasteiger partial charge is 0.378 e. The Balaban J connectivity index is 1.60. The van der Waals surface area contributed by atoms with Crippen molar-refractivity contribution in [3.05, 3.63) is 60.2 Å². The summed E-state index contributed by atoms with van der Waals surface area (Å²) in [5, 5.41) is 3.17. The average Bonchev–Trinajstić information content (AvgIpc) is 2.68. The lowest BCUT2D eigenvalue weighted by atomic mass is 10.1. The van der Waals surface area contributed by atoms with Crippen LogP contribution < -0.4 is 10.2 Å². The van der Waals surface area contributed by atoms with Gasteiger partial charge in [-0.2, -0.15) is 0 Å². The van der Waals surface area contributed by atoms with Crippen molar-refractivity contribution in [3.8, 4) is 0 Å². The number of hydrogen-bond acceptors (Lipinski definition) is 4. The minimum absolute atomic E-state index is 0.0700. The van der Waals surface area contributed by atoms with Crippen LogP contribution in [0.4, 0.5) is 11.4 Å². The standard InChI is InChI=1S/C20H25N3O2/c1-22(20(24)15-21-18-8-3-2-4-9-18)16-17-7-5-6-10-19(17)23-11-13-25-14-12-23/h2-10,21H,11-16H2,1H3. The number of anilines is 2. The van der Waals surface area contributed by atoms with E-state index in [1.165, 1.54) is 11.3 Å². The Morgan fingerprint density at radius 2 is 1.76 bits per heavy atom. The van der Waals surface area contributed by atoms with E-state index in [0.29, 0.717) is 13.1 Å². The van der Waals surface area contributed by atoms with Gasteiger partial charge in [0.25, 0.3) is 0 Å². The first-order valence-electron chi connectivity index (χ1n) is 8.67. The lowest BCUT2D eigenvalue weighted by Gasteiger charge is -2.31. The molecular formula is C20H25N3O2. The van der Waals surface area contributed by atoms with Gasteiger partial charge in [-0.15, -0.1) is 0 Å². The first kappa shape index (κ1) is 17.3. The quantitative estimate of drug-likeness (QED) is 0.879. The Bertz CT molecular complexity index is 684. The van der Waals surface area contributed by atoms with E-state index in [-0.39, 0.29) is 5.91 Å². The second-order valence-electron chi connectivity index (χ2n) is 6.20. The van der Waals surface area contributed by atoms with Crippen LogP contribution in [0.15, 0.2) is 54.6 Å². The first-order valence-corrected chi connectivity index (χ1v) is 8.67. The van der Waals surface area contributed by atoms with Crippen molar-refractivity contribution in [2.75, 3.05) is 50.1 Å². The maximum atomic E-state index is 12.4. The summed E-state index contributed by atoms with van der Waals surface area (Å²) in [6.07, 6.45) is 0. The molecule has 2 aromatic carbocycles. The third kappa shape index (κ3) is 4.73. The van der Waals surface area contributed by atoms with Crippen LogP contribution in [0.5, 0.6) is 0 Å². The lowest BCUT2D eigenvalue weighted by molar-refractivity contribution is -0.128. The van der Waals surface area contributed by atoms with Crippen molar-refractivity contribution < 1.29 is 9.53 Å². The van der Waals surface area contributed by atoms with Crippen molar-refractivity contribution >= 4 is 17.3 Å². The van der Waals surface area contributed by atoms with Gasteiger partial charge in [-0.3, -0.25) is 4.79 Å². The van der Waals surface area contributed by atoms with E-state index >= 15 is 0 Å². The number of para-hydroxylation sites is 2. The van der Waals surface area contributed by atoms with Gasteiger partial charge in [0.1, 0.15) is 0 Å². The van der Waals surface area contributed by atoms with Crippen LogP contribution in [0, 0.1) is 0 Å². The Kier molecular flexibility index (Phi) is 5.90. The second-order valence-corrected chi connectivity index (χ2v) is 6.20. The zero-order chi connectivity index (χ0) is 17.5. The highest BCUT2D eigenvalue weighted by molar-refractivity contribution is 5.80. The molecule has 5 nitrogen and oxygen atoms in total. The van der Waals surface area contributed by atoms with E-state index in [0.717, 1.165) is 32.0 Å². The highest BCUT2D eigenvalue weighted by atomic mass is 16.5. The normalized spacial score (nSPS) is 14.2. The molecule has 0 radical (unpaired) electrons. The molecule has 1 N–H and O–H groups in total. The zero-order valence-electron chi connectivity index (χ0n) is 14.6. The Labute approximate surface area is 149 Å². The summed E-state index contributed by atoms with van der Waals surface area (Å²) in [6.45, 7) is 4.19. The predicted molar refractivity (Wildman–Crippen MR) is 101 cm³/mol. The van der Waals surface area contributed by atoms with E-state index in [1.54, 1.807) is 4.90 Å². The van der Waals surface area contributed by atoms with Gasteiger partial charge in [0.05, 0.1) is 19.8 Å². The molecular weight excluding hydrogens is 314 g/mol. The predicted octanol–water partition coefficient (Wildman–Crippen LogP) is 2.59. The molecule has 0 spiro atoms. The fraction of sp³-hybridized carbons (Fsp3) is 0.350. The summed E-state index contributed by atoms with van der Waals surface area (Å²) in [5.74, 6) is 0.0700. The number of nitrogens with zero attached hydrogens (tertiary/aromatic N) is 2. The number of hydrogen-bond donors (Lipinski definition) is 1. The summed E-state index contributed by atoms with van der Waals surface area (Å²) in [5.41, 5.74) is 3.32. The van der Waals surface area contributed by atoms with Gasteiger partial charge in [0.15, 0.2) is 0 Å². The van der Waals surface area contributed by atoms with Gasteiger partial charge >= 0.3 is 0 Å². The molecule has 0 unspecified atom stereocenters. The molecule has 1 fully saturated rings. The molecule has 0 aliphatic carbocycles. The molecule has 5 heteroatoms. The Morgan fingerprint density at radius 3 is 2.52 bits per heavy atom. The van der Waals surface area contributed by atoms with E-state index in [2.05, 4.69) is 22.3 Å². The Morgan fingerprint density at radius 1 is 1.08 bits per heavy atom. The van der Waals surface area contributed by atoms with Crippen LogP contribution in [0.2, 0.25) is 0 Å². The van der Waals surface area contributed by atoms with Gasteiger partial charge in [0, 0.05) is 38.1 Å². The first-order chi connectivity index (χ1) is 12.2. The minimum atomic E-state index is 0.0700. The van der Waals surface area contributed by atoms with Gasteiger partial charge < -0.3 is 19.9 Å². The highest BCUT2D eigenvalue weighted by Gasteiger charge is 2.16. The van der Waals surface area contributed by atoms with Gasteiger partial charge in [0.2, 0.25) is 5.91 Å². The summed E-state index contributed by atoms with van der Waals surface area (Å²) in [6, 6.07) is 18.1. The number of carbonyl (C=O) groups is 1. The van der Waals surface area contributed by atoms with Crippen molar-refractivity contribution in [2.24, 2.45) is 0 Å². The molecule has 0 bridgehead atoms. The van der Waals surface area contributed by atoms with Crippen LogP contribution in [0.25, 0.3) is 0 Å². The number of morpholine rings is 1. The molecule has 1 saturated heterocycles. The average molecular weight is 339 g/mol. The molecule has 0 aromatic heterocycles. The van der Waals surface area contributed by atoms with Crippen molar-refractivity contribution in [2.45, 2.75) is 6.54 Å². The number of rotatable bonds is 6. The molecule has 1 heterocycles. The van der Waals surface area contributed by atoms with E-state index in [1.807, 2.05) is 49.5 Å². The van der Waals surface area contributed by atoms with E-state index in [9.17, 15) is 4.79 Å². The smallest absolute Gasteiger partial charge is 0.241 e. The number of nitrogens with one attached hydrogen (secondary N) is 1. The number of benzene rings is 2. The number of carbonyl (C=O) groups excluding carboxylic acids is 1. The topological polar surface area (TPSA) is 44.8 Å². The Hall–Kier alpha value is -2.53. The van der Waals surface area contributed by atoms with Crippen molar-refractivity contribution in [1.82, 2.24) is 4.90 Å². The second kappa shape index (κ2) is 8.53. The summed E-state index contributed by atoms with van der Waals surface area (Å²) >= 11 is 0. The zero-order valence-corrected chi connectivity index (χ0v) is 14.6. The maximum Gasteiger partial charge on any atom is 0.241 e. The third-order valence-electron chi connectivity index (χ3n) is 4.39. The molecule has 0 saturated carbocycles. The van der Waals surface area contributed by atoms with Crippen LogP contribution in [0.3, 0.4) is 0 Å². The monoisotopic (exact) mass is 339 g/mol. The SMILES string of the molecule is CN(Cc1ccccc1N1CCOCC1)C(=O)CNc1ccccc1. The van der Waals surface area contributed by atoms with E-state index in [4.69, 9.17) is 4.74 Å². The summed E-state index contributed by atoms with van der Waals surface area (Å²) < 4.78 is 5.44. The maximum absolute atomic E-state index is 12.4. The van der Waals surface area contributed by atoms with Crippen molar-refractivity contribution in [1.29, 1.82) is 0 Å². The van der Waals surface area contributed by atoms with Gasteiger partial charge in [-0.1, -0.05) is 36.4 Å². The van der Waals surface area contributed by atoms with Gasteiger partial charge in [-0.25, -0.2) is 0 Å². The van der Waals surface area contributed by atoms with Gasteiger partial charge in [-0.05, 0) is 23.8 Å². The van der Waals surface area contributed by atoms with Crippen molar-refractivity contribution in [3.63, 3.8) is 0 Å². The highest BCUT2D eigenvalue weighted by Crippen LogP contribution is 2.22.